The summed E-state index contributed by atoms with van der Waals surface area (Å²) in [6.07, 6.45) is 0. The molecule has 1 atom stereocenters. The fourth-order valence-electron chi connectivity index (χ4n) is 2.97. The first-order valence-corrected chi connectivity index (χ1v) is 7.47. The van der Waals surface area contributed by atoms with Crippen molar-refractivity contribution in [1.82, 2.24) is 4.57 Å². The van der Waals surface area contributed by atoms with Gasteiger partial charge < -0.3 is 24.7 Å². The lowest BCUT2D eigenvalue weighted by atomic mass is 9.92. The van der Waals surface area contributed by atoms with Gasteiger partial charge in [-0.15, -0.1) is 0 Å². The molecule has 0 saturated carbocycles. The third-order valence-electron chi connectivity index (χ3n) is 4.22. The van der Waals surface area contributed by atoms with Crippen molar-refractivity contribution in [3.8, 4) is 17.3 Å². The second kappa shape index (κ2) is 5.76. The molecule has 0 aliphatic carbocycles. The lowest BCUT2D eigenvalue weighted by Crippen LogP contribution is -3.04. The van der Waals surface area contributed by atoms with Crippen molar-refractivity contribution < 1.29 is 19.7 Å². The summed E-state index contributed by atoms with van der Waals surface area (Å²) in [6.45, 7) is 3.52. The van der Waals surface area contributed by atoms with Crippen molar-refractivity contribution in [2.24, 2.45) is 0 Å². The zero-order chi connectivity index (χ0) is 17.5. The number of hydroxylamine groups is 1. The van der Waals surface area contributed by atoms with E-state index in [0.29, 0.717) is 11.4 Å². The first kappa shape index (κ1) is 16.2. The van der Waals surface area contributed by atoms with Crippen molar-refractivity contribution in [2.45, 2.75) is 26.0 Å². The standard InChI is InChI=1S/C17H17N3O4/c1-17(2)13-7-11(3-5-15(13)20(23)10-24-17)14-6-4-12(8-18)19(14)9-16(21)22/h3-7,20H,9-10H2,1-2H3,(H,21,22). The molecule has 124 valence electrons. The van der Waals surface area contributed by atoms with Crippen molar-refractivity contribution >= 4 is 11.7 Å². The maximum absolute atomic E-state index is 12.0. The number of ether oxygens (including phenoxy) is 1. The van der Waals surface area contributed by atoms with Gasteiger partial charge in [0.25, 0.3) is 0 Å². The number of aliphatic carboxylic acids is 1. The molecule has 1 aromatic carbocycles. The van der Waals surface area contributed by atoms with Crippen LogP contribution in [-0.4, -0.2) is 22.4 Å². The van der Waals surface area contributed by atoms with Crippen LogP contribution in [0.4, 0.5) is 5.69 Å². The predicted molar refractivity (Wildman–Crippen MR) is 85.2 cm³/mol. The van der Waals surface area contributed by atoms with Crippen LogP contribution < -0.4 is 5.06 Å². The van der Waals surface area contributed by atoms with E-state index in [1.54, 1.807) is 24.3 Å². The summed E-state index contributed by atoms with van der Waals surface area (Å²) in [5.41, 5.74) is 2.40. The molecule has 2 aromatic rings. The van der Waals surface area contributed by atoms with Crippen molar-refractivity contribution in [1.29, 1.82) is 5.26 Å². The van der Waals surface area contributed by atoms with Crippen LogP contribution in [0.2, 0.25) is 0 Å². The number of benzene rings is 1. The first-order valence-electron chi connectivity index (χ1n) is 7.47. The number of aromatic nitrogens is 1. The Balaban J connectivity index is 2.14. The number of hydrogen-bond donors (Lipinski definition) is 2. The maximum Gasteiger partial charge on any atom is 0.323 e. The molecule has 2 heterocycles. The SMILES string of the molecule is CC1(C)OC[NH+]([O-])c2ccc(-c3ccc(C#N)n3CC(=O)O)cc21. The molecule has 1 aromatic heterocycles. The molecule has 1 aliphatic heterocycles. The molecule has 0 radical (unpaired) electrons. The molecular weight excluding hydrogens is 310 g/mol. The number of hydrogen-bond acceptors (Lipinski definition) is 4. The molecule has 0 saturated heterocycles. The van der Waals surface area contributed by atoms with Crippen LogP contribution in [0.25, 0.3) is 11.3 Å². The third-order valence-corrected chi connectivity index (χ3v) is 4.22. The van der Waals surface area contributed by atoms with Crippen LogP contribution in [-0.2, 0) is 21.7 Å². The Morgan fingerprint density at radius 3 is 2.88 bits per heavy atom. The van der Waals surface area contributed by atoms with Gasteiger partial charge in [-0.3, -0.25) is 4.79 Å². The lowest BCUT2D eigenvalue weighted by Gasteiger charge is -2.38. The van der Waals surface area contributed by atoms with E-state index >= 15 is 0 Å². The Bertz CT molecular complexity index is 848. The van der Waals surface area contributed by atoms with Crippen molar-refractivity contribution in [3.63, 3.8) is 0 Å². The van der Waals surface area contributed by atoms with Crippen LogP contribution >= 0.6 is 0 Å². The van der Waals surface area contributed by atoms with Gasteiger partial charge in [0.05, 0.1) is 5.60 Å². The van der Waals surface area contributed by atoms with Gasteiger partial charge in [0.15, 0.2) is 6.73 Å². The zero-order valence-corrected chi connectivity index (χ0v) is 13.4. The summed E-state index contributed by atoms with van der Waals surface area (Å²) in [5, 5.41) is 30.2. The Hall–Kier alpha value is -2.66. The first-order chi connectivity index (χ1) is 11.3. The van der Waals surface area contributed by atoms with Gasteiger partial charge in [0.2, 0.25) is 0 Å². The molecule has 3 rings (SSSR count). The Kier molecular flexibility index (Phi) is 3.89. The van der Waals surface area contributed by atoms with Gasteiger partial charge in [-0.25, -0.2) is 0 Å². The minimum atomic E-state index is -1.03. The zero-order valence-electron chi connectivity index (χ0n) is 13.4. The van der Waals surface area contributed by atoms with E-state index in [4.69, 9.17) is 9.84 Å². The quantitative estimate of drug-likeness (QED) is 0.828. The van der Waals surface area contributed by atoms with Gasteiger partial charge >= 0.3 is 5.97 Å². The van der Waals surface area contributed by atoms with Crippen LogP contribution in [0.3, 0.4) is 0 Å². The van der Waals surface area contributed by atoms with E-state index in [-0.39, 0.29) is 24.0 Å². The predicted octanol–water partition coefficient (Wildman–Crippen LogP) is 1.35. The number of rotatable bonds is 3. The maximum atomic E-state index is 12.0. The topological polar surface area (TPSA) is 103 Å². The van der Waals surface area contributed by atoms with Gasteiger partial charge in [0, 0.05) is 17.3 Å². The van der Waals surface area contributed by atoms with Crippen molar-refractivity contribution in [3.05, 3.63) is 46.8 Å². The van der Waals surface area contributed by atoms with Gasteiger partial charge in [-0.1, -0.05) is 0 Å². The average Bonchev–Trinajstić information content (AvgIpc) is 2.93. The molecule has 1 unspecified atom stereocenters. The van der Waals surface area contributed by atoms with Gasteiger partial charge in [0.1, 0.15) is 24.0 Å². The number of nitrogens with zero attached hydrogens (tertiary/aromatic N) is 2. The summed E-state index contributed by atoms with van der Waals surface area (Å²) < 4.78 is 7.06. The molecule has 1 aliphatic rings. The highest BCUT2D eigenvalue weighted by Gasteiger charge is 2.33. The van der Waals surface area contributed by atoms with E-state index in [1.807, 2.05) is 26.0 Å². The normalized spacial score (nSPS) is 18.7. The number of fused-ring (bicyclic) bond motifs is 1. The number of nitriles is 1. The number of carboxylic acids is 1. The largest absolute Gasteiger partial charge is 0.627 e. The Morgan fingerprint density at radius 1 is 1.46 bits per heavy atom. The lowest BCUT2D eigenvalue weighted by molar-refractivity contribution is -0.812. The summed E-state index contributed by atoms with van der Waals surface area (Å²) >= 11 is 0. The minimum absolute atomic E-state index is 0.0489. The highest BCUT2D eigenvalue weighted by molar-refractivity contribution is 5.71. The smallest absolute Gasteiger partial charge is 0.323 e. The minimum Gasteiger partial charge on any atom is -0.627 e. The Labute approximate surface area is 138 Å². The number of carbonyl (C=O) groups is 1. The number of quaternary nitrogens is 1. The molecule has 0 amide bonds. The summed E-state index contributed by atoms with van der Waals surface area (Å²) in [5.74, 6) is -1.03. The highest BCUT2D eigenvalue weighted by Crippen LogP contribution is 2.35. The van der Waals surface area contributed by atoms with Crippen LogP contribution in [0.5, 0.6) is 0 Å². The molecule has 24 heavy (non-hydrogen) atoms. The van der Waals surface area contributed by atoms with E-state index in [9.17, 15) is 15.3 Å². The number of nitrogens with one attached hydrogen (secondary N) is 1. The van der Waals surface area contributed by atoms with Gasteiger partial charge in [-0.05, 0) is 43.7 Å². The molecule has 0 fully saturated rings. The highest BCUT2D eigenvalue weighted by atomic mass is 16.6. The monoisotopic (exact) mass is 327 g/mol. The van der Waals surface area contributed by atoms with E-state index < -0.39 is 11.6 Å². The Morgan fingerprint density at radius 2 is 2.21 bits per heavy atom. The molecule has 2 N–H and O–H groups in total. The van der Waals surface area contributed by atoms with E-state index in [2.05, 4.69) is 0 Å². The van der Waals surface area contributed by atoms with Crippen LogP contribution in [0.15, 0.2) is 30.3 Å². The molecular formula is C17H17N3O4. The third kappa shape index (κ3) is 2.67. The molecule has 7 nitrogen and oxygen atoms in total. The fraction of sp³-hybridized carbons (Fsp3) is 0.294. The van der Waals surface area contributed by atoms with E-state index in [1.165, 1.54) is 4.57 Å². The molecule has 7 heteroatoms. The molecule has 0 bridgehead atoms. The second-order valence-electron chi connectivity index (χ2n) is 6.18. The summed E-state index contributed by atoms with van der Waals surface area (Å²) in [6, 6.07) is 10.6. The van der Waals surface area contributed by atoms with Crippen LogP contribution in [0.1, 0.15) is 25.1 Å². The van der Waals surface area contributed by atoms with Gasteiger partial charge in [-0.2, -0.15) is 5.26 Å². The molecule has 0 spiro atoms. The van der Waals surface area contributed by atoms with Crippen molar-refractivity contribution in [2.75, 3.05) is 6.73 Å². The number of carboxylic acid groups (broad SMARTS) is 1. The average molecular weight is 327 g/mol. The van der Waals surface area contributed by atoms with E-state index in [0.717, 1.165) is 11.1 Å². The second-order valence-corrected chi connectivity index (χ2v) is 6.18. The summed E-state index contributed by atoms with van der Waals surface area (Å²) in [4.78, 5) is 11.1. The summed E-state index contributed by atoms with van der Waals surface area (Å²) in [7, 11) is 0. The fourth-order valence-corrected chi connectivity index (χ4v) is 2.97. The van der Waals surface area contributed by atoms with Crippen LogP contribution in [0, 0.1) is 16.5 Å².